The van der Waals surface area contributed by atoms with E-state index in [1.807, 2.05) is 0 Å². The van der Waals surface area contributed by atoms with Crippen LogP contribution in [0.2, 0.25) is 0 Å². The van der Waals surface area contributed by atoms with Crippen molar-refractivity contribution >= 4 is 11.8 Å². The maximum atomic E-state index is 10.1. The number of hydrogen-bond donors (Lipinski definition) is 1. The van der Waals surface area contributed by atoms with E-state index in [-0.39, 0.29) is 19.2 Å². The molecule has 1 saturated heterocycles. The third-order valence-electron chi connectivity index (χ3n) is 0.858. The van der Waals surface area contributed by atoms with Crippen molar-refractivity contribution in [3.8, 4) is 0 Å². The van der Waals surface area contributed by atoms with Gasteiger partial charge in [0.1, 0.15) is 0 Å². The molecule has 3 heteroatoms. The van der Waals surface area contributed by atoms with E-state index in [1.165, 1.54) is 0 Å². The Balaban J connectivity index is 0.000000490. The first-order valence-electron chi connectivity index (χ1n) is 2.12. The van der Waals surface area contributed by atoms with Crippen molar-refractivity contribution in [2.75, 3.05) is 0 Å². The molecular weight excluding hydrogens is 106 g/mol. The lowest BCUT2D eigenvalue weighted by molar-refractivity contribution is -0.124. The van der Waals surface area contributed by atoms with Gasteiger partial charge in [0.25, 0.3) is 0 Å². The second kappa shape index (κ2) is 2.45. The molecule has 2 amide bonds. The highest BCUT2D eigenvalue weighted by atomic mass is 16.2. The van der Waals surface area contributed by atoms with Gasteiger partial charge in [-0.05, 0) is 0 Å². The summed E-state index contributed by atoms with van der Waals surface area (Å²) in [6.07, 6.45) is 0.748. The van der Waals surface area contributed by atoms with Crippen molar-refractivity contribution in [3.63, 3.8) is 0 Å². The zero-order valence-corrected chi connectivity index (χ0v) is 4.23. The summed E-state index contributed by atoms with van der Waals surface area (Å²) in [6, 6.07) is 0. The van der Waals surface area contributed by atoms with Gasteiger partial charge in [0.15, 0.2) is 0 Å². The summed E-state index contributed by atoms with van der Waals surface area (Å²) in [7, 11) is 0. The molecule has 1 fully saturated rings. The van der Waals surface area contributed by atoms with Crippen LogP contribution in [0.4, 0.5) is 0 Å². The summed E-state index contributed by atoms with van der Waals surface area (Å²) in [6.45, 7) is 0. The average molecular weight is 111 g/mol. The molecule has 1 rings (SSSR count). The van der Waals surface area contributed by atoms with Gasteiger partial charge in [-0.3, -0.25) is 14.9 Å². The lowest BCUT2D eigenvalue weighted by atomic mass is 10.4. The maximum absolute atomic E-state index is 10.1. The Kier molecular flexibility index (Phi) is 2.19. The molecule has 0 atom stereocenters. The van der Waals surface area contributed by atoms with Gasteiger partial charge in [0.2, 0.25) is 11.8 Å². The SMILES string of the molecule is O=C1CCC(=O)N1.[C]. The number of carbonyl (C=O) groups is 2. The van der Waals surface area contributed by atoms with E-state index < -0.39 is 0 Å². The molecule has 0 aromatic heterocycles. The molecule has 1 heterocycles. The highest BCUT2D eigenvalue weighted by Gasteiger charge is 2.15. The number of nitrogens with one attached hydrogen (secondary N) is 1. The van der Waals surface area contributed by atoms with Gasteiger partial charge in [-0.2, -0.15) is 0 Å². The van der Waals surface area contributed by atoms with Gasteiger partial charge in [0.05, 0.1) is 0 Å². The van der Waals surface area contributed by atoms with E-state index in [0.29, 0.717) is 12.8 Å². The van der Waals surface area contributed by atoms with Crippen molar-refractivity contribution in [1.29, 1.82) is 0 Å². The highest BCUT2D eigenvalue weighted by Crippen LogP contribution is 1.95. The second-order valence-corrected chi connectivity index (χ2v) is 1.47. The van der Waals surface area contributed by atoms with Gasteiger partial charge in [-0.1, -0.05) is 0 Å². The number of carbonyl (C=O) groups excluding carboxylic acids is 2. The molecule has 1 aliphatic heterocycles. The fourth-order valence-electron chi connectivity index (χ4n) is 0.508. The minimum absolute atomic E-state index is 0. The zero-order valence-electron chi connectivity index (χ0n) is 4.23. The van der Waals surface area contributed by atoms with Crippen LogP contribution < -0.4 is 5.32 Å². The second-order valence-electron chi connectivity index (χ2n) is 1.47. The van der Waals surface area contributed by atoms with Gasteiger partial charge in [0, 0.05) is 20.3 Å². The van der Waals surface area contributed by atoms with Crippen molar-refractivity contribution in [1.82, 2.24) is 5.32 Å². The van der Waals surface area contributed by atoms with Crippen molar-refractivity contribution in [2.45, 2.75) is 12.8 Å². The van der Waals surface area contributed by atoms with Crippen molar-refractivity contribution in [2.24, 2.45) is 0 Å². The first-order valence-corrected chi connectivity index (χ1v) is 2.12. The Morgan fingerprint density at radius 3 is 1.62 bits per heavy atom. The fourth-order valence-corrected chi connectivity index (χ4v) is 0.508. The Bertz CT molecular complexity index is 106. The average Bonchev–Trinajstić information content (AvgIpc) is 1.87. The van der Waals surface area contributed by atoms with Crippen LogP contribution in [0.25, 0.3) is 0 Å². The van der Waals surface area contributed by atoms with Crippen LogP contribution in [0, 0.1) is 7.43 Å². The molecule has 1 N–H and O–H groups in total. The molecule has 0 saturated carbocycles. The summed E-state index contributed by atoms with van der Waals surface area (Å²) >= 11 is 0. The molecule has 42 valence electrons. The predicted octanol–water partition coefficient (Wildman–Crippen LogP) is -0.496. The van der Waals surface area contributed by atoms with Crippen molar-refractivity contribution in [3.05, 3.63) is 7.43 Å². The van der Waals surface area contributed by atoms with Crippen LogP contribution in [0.3, 0.4) is 0 Å². The Labute approximate surface area is 48.1 Å². The van der Waals surface area contributed by atoms with Gasteiger partial charge < -0.3 is 0 Å². The summed E-state index contributed by atoms with van der Waals surface area (Å²) in [5, 5.41) is 2.14. The van der Waals surface area contributed by atoms with E-state index in [4.69, 9.17) is 0 Å². The number of rotatable bonds is 0. The van der Waals surface area contributed by atoms with Gasteiger partial charge in [-0.25, -0.2) is 0 Å². The molecule has 1 aliphatic rings. The van der Waals surface area contributed by atoms with Crippen LogP contribution in [0.15, 0.2) is 0 Å². The van der Waals surface area contributed by atoms with E-state index >= 15 is 0 Å². The van der Waals surface area contributed by atoms with Crippen LogP contribution in [-0.2, 0) is 9.59 Å². The molecule has 3 nitrogen and oxygen atoms in total. The molecule has 0 unspecified atom stereocenters. The summed E-state index contributed by atoms with van der Waals surface area (Å²) in [4.78, 5) is 20.2. The lowest BCUT2D eigenvalue weighted by Crippen LogP contribution is -2.18. The number of imide groups is 1. The Morgan fingerprint density at radius 2 is 1.50 bits per heavy atom. The third kappa shape index (κ3) is 1.33. The minimum Gasteiger partial charge on any atom is -0.296 e. The number of hydrogen-bond acceptors (Lipinski definition) is 2. The fraction of sp³-hybridized carbons (Fsp3) is 0.400. The van der Waals surface area contributed by atoms with Crippen LogP contribution in [-0.4, -0.2) is 11.8 Å². The van der Waals surface area contributed by atoms with Gasteiger partial charge in [-0.15, -0.1) is 0 Å². The first-order chi connectivity index (χ1) is 3.29. The lowest BCUT2D eigenvalue weighted by Gasteiger charge is -1.79. The van der Waals surface area contributed by atoms with E-state index in [9.17, 15) is 9.59 Å². The molecule has 4 radical (unpaired) electrons. The molecule has 8 heavy (non-hydrogen) atoms. The summed E-state index contributed by atoms with van der Waals surface area (Å²) < 4.78 is 0. The third-order valence-corrected chi connectivity index (χ3v) is 0.858. The summed E-state index contributed by atoms with van der Waals surface area (Å²) in [5.74, 6) is -0.296. The van der Waals surface area contributed by atoms with E-state index in [2.05, 4.69) is 5.32 Å². The first kappa shape index (κ1) is 7.14. The Morgan fingerprint density at radius 1 is 1.12 bits per heavy atom. The van der Waals surface area contributed by atoms with E-state index in [1.54, 1.807) is 0 Å². The highest BCUT2D eigenvalue weighted by molar-refractivity contribution is 6.01. The smallest absolute Gasteiger partial charge is 0.227 e. The van der Waals surface area contributed by atoms with Gasteiger partial charge >= 0.3 is 0 Å². The molecule has 0 aromatic carbocycles. The topological polar surface area (TPSA) is 46.2 Å². The molecule has 0 spiro atoms. The number of amides is 2. The molecule has 0 aliphatic carbocycles. The van der Waals surface area contributed by atoms with Crippen LogP contribution >= 0.6 is 0 Å². The van der Waals surface area contributed by atoms with Crippen LogP contribution in [0.1, 0.15) is 12.8 Å². The van der Waals surface area contributed by atoms with Crippen LogP contribution in [0.5, 0.6) is 0 Å². The largest absolute Gasteiger partial charge is 0.296 e. The predicted molar refractivity (Wildman–Crippen MR) is 25.6 cm³/mol. The van der Waals surface area contributed by atoms with E-state index in [0.717, 1.165) is 0 Å². The molecule has 0 aromatic rings. The normalized spacial score (nSPS) is 17.5. The summed E-state index contributed by atoms with van der Waals surface area (Å²) in [5.41, 5.74) is 0. The van der Waals surface area contributed by atoms with Crippen molar-refractivity contribution < 1.29 is 9.59 Å². The monoisotopic (exact) mass is 111 g/mol. The Hall–Kier alpha value is -0.860. The molecule has 0 bridgehead atoms. The minimum atomic E-state index is -0.148. The standard InChI is InChI=1S/C4H5NO2.C/c6-3-1-2-4(7)5-3;/h1-2H2,(H,5,6,7);. The quantitative estimate of drug-likeness (QED) is 0.428. The zero-order chi connectivity index (χ0) is 5.28. The molecular formula is C5H5NO2. The maximum Gasteiger partial charge on any atom is 0.227 e.